The zero-order chi connectivity index (χ0) is 13.7. The second-order valence-corrected chi connectivity index (χ2v) is 5.29. The molecule has 1 aliphatic carbocycles. The summed E-state index contributed by atoms with van der Waals surface area (Å²) in [4.78, 5) is 11.8. The Morgan fingerprint density at radius 3 is 2.95 bits per heavy atom. The fraction of sp³-hybridized carbons (Fsp3) is 0.500. The van der Waals surface area contributed by atoms with Crippen LogP contribution < -0.4 is 11.1 Å². The molecular weight excluding hydrogens is 264 g/mol. The van der Waals surface area contributed by atoms with Crippen LogP contribution in [-0.2, 0) is 9.53 Å². The molecule has 1 aliphatic rings. The summed E-state index contributed by atoms with van der Waals surface area (Å²) < 4.78 is 5.59. The van der Waals surface area contributed by atoms with Gasteiger partial charge >= 0.3 is 0 Å². The Balaban J connectivity index is 1.77. The van der Waals surface area contributed by atoms with Crippen LogP contribution in [0, 0.1) is 0 Å². The first-order valence-electron chi connectivity index (χ1n) is 6.56. The third kappa shape index (κ3) is 4.49. The number of nitrogens with two attached hydrogens (primary N) is 1. The molecule has 1 saturated carbocycles. The van der Waals surface area contributed by atoms with Crippen molar-refractivity contribution in [2.75, 3.05) is 11.9 Å². The molecule has 1 amide bonds. The zero-order valence-electron chi connectivity index (χ0n) is 10.8. The van der Waals surface area contributed by atoms with E-state index in [0.29, 0.717) is 10.7 Å². The molecule has 0 aromatic heterocycles. The number of hydrogen-bond donors (Lipinski definition) is 2. The molecule has 5 heteroatoms. The molecule has 4 nitrogen and oxygen atoms in total. The highest BCUT2D eigenvalue weighted by Crippen LogP contribution is 2.21. The van der Waals surface area contributed by atoms with Gasteiger partial charge in [0.15, 0.2) is 0 Å². The van der Waals surface area contributed by atoms with E-state index in [0.717, 1.165) is 25.7 Å². The van der Waals surface area contributed by atoms with Gasteiger partial charge in [-0.05, 0) is 37.8 Å². The molecule has 0 spiro atoms. The Labute approximate surface area is 118 Å². The SMILES string of the molecule is NC1CCCC(OCC(=O)Nc2ccccc2Cl)C1. The van der Waals surface area contributed by atoms with Gasteiger partial charge in [0.2, 0.25) is 5.91 Å². The molecule has 1 aromatic carbocycles. The number of halogens is 1. The predicted molar refractivity (Wildman–Crippen MR) is 76.3 cm³/mol. The summed E-state index contributed by atoms with van der Waals surface area (Å²) in [5.41, 5.74) is 6.49. The van der Waals surface area contributed by atoms with Crippen molar-refractivity contribution in [1.82, 2.24) is 0 Å². The van der Waals surface area contributed by atoms with Crippen molar-refractivity contribution in [2.24, 2.45) is 5.73 Å². The van der Waals surface area contributed by atoms with Gasteiger partial charge < -0.3 is 15.8 Å². The van der Waals surface area contributed by atoms with Gasteiger partial charge in [0.05, 0.1) is 16.8 Å². The number of amides is 1. The molecule has 0 heterocycles. The summed E-state index contributed by atoms with van der Waals surface area (Å²) in [6.07, 6.45) is 4.02. The molecule has 0 bridgehead atoms. The van der Waals surface area contributed by atoms with Crippen LogP contribution in [-0.4, -0.2) is 24.7 Å². The molecule has 19 heavy (non-hydrogen) atoms. The van der Waals surface area contributed by atoms with Crippen LogP contribution >= 0.6 is 11.6 Å². The van der Waals surface area contributed by atoms with E-state index in [9.17, 15) is 4.79 Å². The number of nitrogens with one attached hydrogen (secondary N) is 1. The van der Waals surface area contributed by atoms with Gasteiger partial charge in [-0.25, -0.2) is 0 Å². The van der Waals surface area contributed by atoms with Gasteiger partial charge in [0.25, 0.3) is 0 Å². The molecule has 2 unspecified atom stereocenters. The van der Waals surface area contributed by atoms with Gasteiger partial charge in [-0.15, -0.1) is 0 Å². The number of carbonyl (C=O) groups is 1. The monoisotopic (exact) mass is 282 g/mol. The molecule has 0 aliphatic heterocycles. The zero-order valence-corrected chi connectivity index (χ0v) is 11.5. The van der Waals surface area contributed by atoms with Crippen LogP contribution in [0.2, 0.25) is 5.02 Å². The van der Waals surface area contributed by atoms with E-state index in [1.54, 1.807) is 12.1 Å². The van der Waals surface area contributed by atoms with Crippen molar-refractivity contribution in [1.29, 1.82) is 0 Å². The first kappa shape index (κ1) is 14.3. The number of para-hydroxylation sites is 1. The van der Waals surface area contributed by atoms with Gasteiger partial charge in [-0.2, -0.15) is 0 Å². The van der Waals surface area contributed by atoms with Crippen LogP contribution in [0.1, 0.15) is 25.7 Å². The molecule has 104 valence electrons. The Bertz CT molecular complexity index is 439. The Morgan fingerprint density at radius 1 is 1.42 bits per heavy atom. The van der Waals surface area contributed by atoms with E-state index in [-0.39, 0.29) is 24.7 Å². The lowest BCUT2D eigenvalue weighted by atomic mass is 9.94. The van der Waals surface area contributed by atoms with Crippen LogP contribution in [0.25, 0.3) is 0 Å². The number of benzene rings is 1. The fourth-order valence-corrected chi connectivity index (χ4v) is 2.46. The topological polar surface area (TPSA) is 64.3 Å². The number of ether oxygens (including phenoxy) is 1. The highest BCUT2D eigenvalue weighted by Gasteiger charge is 2.20. The Morgan fingerprint density at radius 2 is 2.21 bits per heavy atom. The molecule has 0 radical (unpaired) electrons. The van der Waals surface area contributed by atoms with Gasteiger partial charge in [0, 0.05) is 6.04 Å². The van der Waals surface area contributed by atoms with Gasteiger partial charge in [-0.3, -0.25) is 4.79 Å². The van der Waals surface area contributed by atoms with Crippen LogP contribution in [0.3, 0.4) is 0 Å². The second kappa shape index (κ2) is 6.89. The number of hydrogen-bond acceptors (Lipinski definition) is 3. The summed E-state index contributed by atoms with van der Waals surface area (Å²) >= 11 is 5.96. The number of carbonyl (C=O) groups excluding carboxylic acids is 1. The minimum absolute atomic E-state index is 0.0443. The maximum atomic E-state index is 11.8. The number of anilines is 1. The molecule has 2 rings (SSSR count). The van der Waals surface area contributed by atoms with Crippen molar-refractivity contribution in [2.45, 2.75) is 37.8 Å². The van der Waals surface area contributed by atoms with E-state index < -0.39 is 0 Å². The third-order valence-corrected chi connectivity index (χ3v) is 3.59. The highest BCUT2D eigenvalue weighted by atomic mass is 35.5. The highest BCUT2D eigenvalue weighted by molar-refractivity contribution is 6.33. The second-order valence-electron chi connectivity index (χ2n) is 4.89. The maximum Gasteiger partial charge on any atom is 0.250 e. The minimum Gasteiger partial charge on any atom is -0.368 e. The van der Waals surface area contributed by atoms with Crippen molar-refractivity contribution in [3.8, 4) is 0 Å². The lowest BCUT2D eigenvalue weighted by Gasteiger charge is -2.26. The van der Waals surface area contributed by atoms with Crippen molar-refractivity contribution in [3.05, 3.63) is 29.3 Å². The lowest BCUT2D eigenvalue weighted by molar-refractivity contribution is -0.123. The molecule has 0 saturated heterocycles. The minimum atomic E-state index is -0.188. The molecule has 3 N–H and O–H groups in total. The van der Waals surface area contributed by atoms with Crippen LogP contribution in [0.4, 0.5) is 5.69 Å². The van der Waals surface area contributed by atoms with E-state index >= 15 is 0 Å². The third-order valence-electron chi connectivity index (χ3n) is 3.26. The summed E-state index contributed by atoms with van der Waals surface area (Å²) in [7, 11) is 0. The summed E-state index contributed by atoms with van der Waals surface area (Å²) in [5, 5.41) is 3.26. The molecule has 2 atom stereocenters. The average Bonchev–Trinajstić information content (AvgIpc) is 2.39. The van der Waals surface area contributed by atoms with Crippen molar-refractivity contribution >= 4 is 23.2 Å². The van der Waals surface area contributed by atoms with E-state index in [1.807, 2.05) is 12.1 Å². The Hall–Kier alpha value is -1.10. The van der Waals surface area contributed by atoms with E-state index in [1.165, 1.54) is 0 Å². The van der Waals surface area contributed by atoms with E-state index in [4.69, 9.17) is 22.1 Å². The van der Waals surface area contributed by atoms with Gasteiger partial charge in [0.1, 0.15) is 6.61 Å². The van der Waals surface area contributed by atoms with Crippen LogP contribution in [0.5, 0.6) is 0 Å². The normalized spacial score (nSPS) is 23.1. The summed E-state index contributed by atoms with van der Waals surface area (Å²) in [6, 6.07) is 7.33. The van der Waals surface area contributed by atoms with Crippen molar-refractivity contribution in [3.63, 3.8) is 0 Å². The predicted octanol–water partition coefficient (Wildman–Crippen LogP) is 2.57. The average molecular weight is 283 g/mol. The smallest absolute Gasteiger partial charge is 0.250 e. The summed E-state index contributed by atoms with van der Waals surface area (Å²) in [5.74, 6) is -0.188. The molecule has 1 aromatic rings. The maximum absolute atomic E-state index is 11.8. The van der Waals surface area contributed by atoms with E-state index in [2.05, 4.69) is 5.32 Å². The fourth-order valence-electron chi connectivity index (χ4n) is 2.27. The standard InChI is InChI=1S/C14H19ClN2O2/c15-12-6-1-2-7-13(12)17-14(18)9-19-11-5-3-4-10(16)8-11/h1-2,6-7,10-11H,3-5,8-9,16H2,(H,17,18). The lowest BCUT2D eigenvalue weighted by Crippen LogP contribution is -2.33. The first-order chi connectivity index (χ1) is 9.15. The van der Waals surface area contributed by atoms with Crippen LogP contribution in [0.15, 0.2) is 24.3 Å². The summed E-state index contributed by atoms with van der Waals surface area (Å²) in [6.45, 7) is 0.0443. The quantitative estimate of drug-likeness (QED) is 0.892. The first-order valence-corrected chi connectivity index (χ1v) is 6.94. The largest absolute Gasteiger partial charge is 0.368 e. The van der Waals surface area contributed by atoms with Crippen molar-refractivity contribution < 1.29 is 9.53 Å². The number of rotatable bonds is 4. The molecular formula is C14H19ClN2O2. The molecule has 1 fully saturated rings. The Kier molecular flexibility index (Phi) is 5.19. The van der Waals surface area contributed by atoms with Gasteiger partial charge in [-0.1, -0.05) is 23.7 Å².